The van der Waals surface area contributed by atoms with Crippen molar-refractivity contribution < 1.29 is 10.0 Å². The van der Waals surface area contributed by atoms with Crippen molar-refractivity contribution in [1.29, 1.82) is 0 Å². The van der Waals surface area contributed by atoms with Gasteiger partial charge in [-0.15, -0.1) is 0 Å². The maximum Gasteiger partial charge on any atom is 0.272 e. The normalized spacial score (nSPS) is 14.6. The molecule has 0 radical (unpaired) electrons. The number of rotatable bonds is 4. The minimum Gasteiger partial charge on any atom is -0.393 e. The molecule has 0 aliphatic carbocycles. The van der Waals surface area contributed by atoms with E-state index >= 15 is 0 Å². The first-order valence-corrected chi connectivity index (χ1v) is 4.92. The molecular formula is C11H15NO3. The van der Waals surface area contributed by atoms with Crippen LogP contribution in [0.5, 0.6) is 0 Å². The van der Waals surface area contributed by atoms with Gasteiger partial charge in [0.2, 0.25) is 0 Å². The lowest BCUT2D eigenvalue weighted by Gasteiger charge is -2.14. The van der Waals surface area contributed by atoms with Gasteiger partial charge in [0.25, 0.3) is 5.69 Å². The molecule has 4 nitrogen and oxygen atoms in total. The van der Waals surface area contributed by atoms with E-state index in [0.29, 0.717) is 12.0 Å². The standard InChI is InChI=1S/C11H15NO3/c1-8(9(2)13)7-10-5-3-4-6-11(10)12(14)15/h3-6,8-9,13H,7H2,1-2H3. The van der Waals surface area contributed by atoms with E-state index in [-0.39, 0.29) is 16.5 Å². The minimum atomic E-state index is -0.454. The number of aliphatic hydroxyl groups is 1. The molecule has 1 aromatic carbocycles. The molecule has 0 bridgehead atoms. The van der Waals surface area contributed by atoms with Crippen molar-refractivity contribution in [2.24, 2.45) is 5.92 Å². The highest BCUT2D eigenvalue weighted by molar-refractivity contribution is 5.39. The van der Waals surface area contributed by atoms with Crippen LogP contribution < -0.4 is 0 Å². The summed E-state index contributed by atoms with van der Waals surface area (Å²) in [5.41, 5.74) is 0.806. The van der Waals surface area contributed by atoms with Crippen LogP contribution in [0.4, 0.5) is 5.69 Å². The number of nitro groups is 1. The van der Waals surface area contributed by atoms with Gasteiger partial charge in [-0.2, -0.15) is 0 Å². The zero-order valence-corrected chi connectivity index (χ0v) is 8.88. The van der Waals surface area contributed by atoms with Gasteiger partial charge < -0.3 is 5.11 Å². The summed E-state index contributed by atoms with van der Waals surface area (Å²) < 4.78 is 0. The Bertz CT molecular complexity index is 349. The Morgan fingerprint density at radius 2 is 2.00 bits per heavy atom. The number of nitrogens with zero attached hydrogens (tertiary/aromatic N) is 1. The Morgan fingerprint density at radius 1 is 1.40 bits per heavy atom. The molecule has 0 saturated heterocycles. The topological polar surface area (TPSA) is 63.4 Å². The summed E-state index contributed by atoms with van der Waals surface area (Å²) in [4.78, 5) is 10.3. The van der Waals surface area contributed by atoms with Crippen LogP contribution in [0, 0.1) is 16.0 Å². The second-order valence-corrected chi connectivity index (χ2v) is 3.81. The van der Waals surface area contributed by atoms with Crippen LogP contribution in [0.2, 0.25) is 0 Å². The van der Waals surface area contributed by atoms with Crippen molar-refractivity contribution in [1.82, 2.24) is 0 Å². The van der Waals surface area contributed by atoms with Gasteiger partial charge >= 0.3 is 0 Å². The molecule has 4 heteroatoms. The molecule has 2 atom stereocenters. The second-order valence-electron chi connectivity index (χ2n) is 3.81. The quantitative estimate of drug-likeness (QED) is 0.610. The van der Waals surface area contributed by atoms with Gasteiger partial charge in [-0.05, 0) is 19.3 Å². The Balaban J connectivity index is 2.89. The van der Waals surface area contributed by atoms with E-state index in [2.05, 4.69) is 0 Å². The Kier molecular flexibility index (Phi) is 3.80. The summed E-state index contributed by atoms with van der Waals surface area (Å²) in [6, 6.07) is 6.65. The van der Waals surface area contributed by atoms with Gasteiger partial charge in [0.1, 0.15) is 0 Å². The van der Waals surface area contributed by atoms with Crippen molar-refractivity contribution in [3.63, 3.8) is 0 Å². The van der Waals surface area contributed by atoms with E-state index in [4.69, 9.17) is 0 Å². The minimum absolute atomic E-state index is 0.0195. The lowest BCUT2D eigenvalue weighted by atomic mass is 9.96. The van der Waals surface area contributed by atoms with Gasteiger partial charge in [-0.1, -0.05) is 25.1 Å². The van der Waals surface area contributed by atoms with Crippen LogP contribution in [0.1, 0.15) is 19.4 Å². The van der Waals surface area contributed by atoms with Gasteiger partial charge in [-0.3, -0.25) is 10.1 Å². The zero-order valence-electron chi connectivity index (χ0n) is 8.88. The van der Waals surface area contributed by atoms with Crippen LogP contribution in [-0.4, -0.2) is 16.1 Å². The van der Waals surface area contributed by atoms with Gasteiger partial charge in [-0.25, -0.2) is 0 Å². The monoisotopic (exact) mass is 209 g/mol. The van der Waals surface area contributed by atoms with Crippen LogP contribution in [0.3, 0.4) is 0 Å². The number of benzene rings is 1. The largest absolute Gasteiger partial charge is 0.393 e. The summed E-state index contributed by atoms with van der Waals surface area (Å²) in [6.45, 7) is 3.57. The van der Waals surface area contributed by atoms with E-state index in [9.17, 15) is 15.2 Å². The molecule has 0 amide bonds. The van der Waals surface area contributed by atoms with Crippen LogP contribution in [0.15, 0.2) is 24.3 Å². The van der Waals surface area contributed by atoms with E-state index in [1.165, 1.54) is 6.07 Å². The summed E-state index contributed by atoms with van der Waals surface area (Å²) in [5, 5.41) is 20.1. The Morgan fingerprint density at radius 3 is 2.53 bits per heavy atom. The maximum absolute atomic E-state index is 10.7. The van der Waals surface area contributed by atoms with Crippen molar-refractivity contribution in [2.75, 3.05) is 0 Å². The molecule has 0 spiro atoms. The van der Waals surface area contributed by atoms with E-state index in [0.717, 1.165) is 0 Å². The Labute approximate surface area is 88.7 Å². The van der Waals surface area contributed by atoms with Gasteiger partial charge in [0.15, 0.2) is 0 Å². The first-order chi connectivity index (χ1) is 7.02. The van der Waals surface area contributed by atoms with E-state index in [1.807, 2.05) is 6.92 Å². The first-order valence-electron chi connectivity index (χ1n) is 4.92. The second kappa shape index (κ2) is 4.89. The third-order valence-electron chi connectivity index (χ3n) is 2.55. The fourth-order valence-corrected chi connectivity index (χ4v) is 1.38. The molecule has 2 unspecified atom stereocenters. The average Bonchev–Trinajstić information content (AvgIpc) is 2.18. The average molecular weight is 209 g/mol. The van der Waals surface area contributed by atoms with Crippen LogP contribution in [-0.2, 0) is 6.42 Å². The predicted molar refractivity (Wildman–Crippen MR) is 57.6 cm³/mol. The van der Waals surface area contributed by atoms with Crippen LogP contribution in [0.25, 0.3) is 0 Å². The SMILES string of the molecule is CC(O)C(C)Cc1ccccc1[N+](=O)[O-]. The zero-order chi connectivity index (χ0) is 11.4. The summed E-state index contributed by atoms with van der Waals surface area (Å²) >= 11 is 0. The fourth-order valence-electron chi connectivity index (χ4n) is 1.38. The molecular weight excluding hydrogens is 194 g/mol. The highest BCUT2D eigenvalue weighted by Gasteiger charge is 2.17. The van der Waals surface area contributed by atoms with Crippen molar-refractivity contribution in [3.05, 3.63) is 39.9 Å². The number of nitro benzene ring substituents is 1. The number of para-hydroxylation sites is 1. The van der Waals surface area contributed by atoms with Crippen molar-refractivity contribution >= 4 is 5.69 Å². The van der Waals surface area contributed by atoms with Crippen molar-refractivity contribution in [2.45, 2.75) is 26.4 Å². The molecule has 0 saturated carbocycles. The molecule has 15 heavy (non-hydrogen) atoms. The summed E-state index contributed by atoms with van der Waals surface area (Å²) in [5.74, 6) is 0.0195. The highest BCUT2D eigenvalue weighted by atomic mass is 16.6. The lowest BCUT2D eigenvalue weighted by Crippen LogP contribution is -2.16. The predicted octanol–water partition coefficient (Wildman–Crippen LogP) is 2.15. The molecule has 1 N–H and O–H groups in total. The third-order valence-corrected chi connectivity index (χ3v) is 2.55. The molecule has 0 aliphatic rings. The fraction of sp³-hybridized carbons (Fsp3) is 0.455. The van der Waals surface area contributed by atoms with E-state index in [1.54, 1.807) is 25.1 Å². The summed E-state index contributed by atoms with van der Waals surface area (Å²) in [7, 11) is 0. The van der Waals surface area contributed by atoms with Crippen LogP contribution >= 0.6 is 0 Å². The first kappa shape index (κ1) is 11.7. The number of hydrogen-bond donors (Lipinski definition) is 1. The smallest absolute Gasteiger partial charge is 0.272 e. The van der Waals surface area contributed by atoms with Gasteiger partial charge in [0, 0.05) is 11.6 Å². The van der Waals surface area contributed by atoms with E-state index < -0.39 is 6.10 Å². The molecule has 0 fully saturated rings. The molecule has 0 aliphatic heterocycles. The maximum atomic E-state index is 10.7. The lowest BCUT2D eigenvalue weighted by molar-refractivity contribution is -0.385. The molecule has 1 rings (SSSR count). The Hall–Kier alpha value is -1.42. The highest BCUT2D eigenvalue weighted by Crippen LogP contribution is 2.22. The molecule has 0 heterocycles. The van der Waals surface area contributed by atoms with Gasteiger partial charge in [0.05, 0.1) is 11.0 Å². The third kappa shape index (κ3) is 3.02. The number of hydrogen-bond acceptors (Lipinski definition) is 3. The molecule has 1 aromatic rings. The number of aliphatic hydroxyl groups excluding tert-OH is 1. The molecule has 82 valence electrons. The van der Waals surface area contributed by atoms with Crippen molar-refractivity contribution in [3.8, 4) is 0 Å². The molecule has 0 aromatic heterocycles. The summed E-state index contributed by atoms with van der Waals surface area (Å²) in [6.07, 6.45) is 0.0688.